The van der Waals surface area contributed by atoms with E-state index in [1.165, 1.54) is 11.1 Å². The van der Waals surface area contributed by atoms with Crippen LogP contribution in [0.4, 0.5) is 0 Å². The lowest BCUT2D eigenvalue weighted by Gasteiger charge is -2.19. The number of ether oxygens (including phenoxy) is 2. The lowest BCUT2D eigenvalue weighted by atomic mass is 9.87. The Morgan fingerprint density at radius 2 is 1.00 bits per heavy atom. The molecule has 0 amide bonds. The van der Waals surface area contributed by atoms with Crippen LogP contribution in [0.5, 0.6) is 11.5 Å². The molecule has 0 fully saturated rings. The summed E-state index contributed by atoms with van der Waals surface area (Å²) in [4.78, 5) is 0.0913. The van der Waals surface area contributed by atoms with E-state index in [1.807, 2.05) is 62.4 Å². The van der Waals surface area contributed by atoms with Crippen molar-refractivity contribution in [2.45, 2.75) is 71.1 Å². The lowest BCUT2D eigenvalue weighted by molar-refractivity contribution is -1.03. The molecule has 237 valence electrons. The Morgan fingerprint density at radius 3 is 1.42 bits per heavy atom. The van der Waals surface area contributed by atoms with Crippen molar-refractivity contribution in [3.05, 3.63) is 109 Å². The Labute approximate surface area is 276 Å². The van der Waals surface area contributed by atoms with Crippen molar-refractivity contribution < 1.29 is 40.6 Å². The zero-order chi connectivity index (χ0) is 32.6. The Balaban J connectivity index is 1.64. The van der Waals surface area contributed by atoms with E-state index in [1.54, 1.807) is 18.2 Å². The van der Waals surface area contributed by atoms with Gasteiger partial charge in [0.1, 0.15) is 11.5 Å². The lowest BCUT2D eigenvalue weighted by Crippen LogP contribution is -3.85. The van der Waals surface area contributed by atoms with Crippen LogP contribution in [0.15, 0.2) is 95.9 Å². The molecule has 0 heterocycles. The fourth-order valence-corrected chi connectivity index (χ4v) is 12.2. The van der Waals surface area contributed by atoms with Gasteiger partial charge in [-0.15, -0.1) is 0 Å². The monoisotopic (exact) mass is 738 g/mol. The first kappa shape index (κ1) is 33.2. The number of halogens is 1. The van der Waals surface area contributed by atoms with Gasteiger partial charge < -0.3 is 9.47 Å². The van der Waals surface area contributed by atoms with E-state index in [0.29, 0.717) is 30.1 Å². The maximum Gasteiger partial charge on any atom is 0.336 e. The average molecular weight is 739 g/mol. The van der Waals surface area contributed by atoms with Crippen LogP contribution in [-0.2, 0) is 23.5 Å². The fourth-order valence-electron chi connectivity index (χ4n) is 5.28. The van der Waals surface area contributed by atoms with E-state index in [2.05, 4.69) is 65.8 Å². The minimum absolute atomic E-state index is 0.0211. The SMILES string of the molecule is CCOc1c2ccccc2c(OCC)c2cc(S(=O)(=O)O[I+](c3ccc(C(C)(C)C)cc3)c3ccc(C(C)(C)C)cc3)ccc12. The van der Waals surface area contributed by atoms with Crippen molar-refractivity contribution >= 4 is 31.7 Å². The number of rotatable bonds is 9. The molecule has 45 heavy (non-hydrogen) atoms. The molecular formula is C38H43IO5S+. The molecule has 0 atom stereocenters. The molecule has 0 aliphatic carbocycles. The van der Waals surface area contributed by atoms with Crippen LogP contribution < -0.4 is 29.7 Å². The number of benzene rings is 5. The zero-order valence-corrected chi connectivity index (χ0v) is 30.4. The van der Waals surface area contributed by atoms with Crippen LogP contribution in [0.25, 0.3) is 21.5 Å². The second kappa shape index (κ2) is 12.9. The topological polar surface area (TPSA) is 61.8 Å². The first-order chi connectivity index (χ1) is 21.2. The van der Waals surface area contributed by atoms with E-state index in [0.717, 1.165) is 23.3 Å². The first-order valence-corrected chi connectivity index (χ1v) is 19.8. The minimum Gasteiger partial charge on any atom is -0.493 e. The molecule has 7 heteroatoms. The zero-order valence-electron chi connectivity index (χ0n) is 27.4. The number of fused-ring (bicyclic) bond motifs is 2. The summed E-state index contributed by atoms with van der Waals surface area (Å²) in [6.07, 6.45) is 0. The third-order valence-electron chi connectivity index (χ3n) is 7.73. The van der Waals surface area contributed by atoms with Crippen LogP contribution >= 0.6 is 0 Å². The average Bonchev–Trinajstić information content (AvgIpc) is 3.00. The van der Waals surface area contributed by atoms with Gasteiger partial charge in [-0.1, -0.05) is 90.1 Å². The van der Waals surface area contributed by atoms with Crippen LogP contribution in [0.1, 0.15) is 66.5 Å². The molecule has 0 spiro atoms. The molecule has 0 bridgehead atoms. The minimum atomic E-state index is -4.16. The third-order valence-corrected chi connectivity index (χ3v) is 15.0. The van der Waals surface area contributed by atoms with E-state index in [-0.39, 0.29) is 15.7 Å². The molecule has 0 saturated heterocycles. The predicted molar refractivity (Wildman–Crippen MR) is 180 cm³/mol. The van der Waals surface area contributed by atoms with Gasteiger partial charge in [-0.25, -0.2) is 0 Å². The quantitative estimate of drug-likeness (QED) is 0.130. The van der Waals surface area contributed by atoms with Crippen LogP contribution in [0.3, 0.4) is 0 Å². The molecule has 0 aliphatic heterocycles. The van der Waals surface area contributed by atoms with Crippen LogP contribution in [0.2, 0.25) is 0 Å². The summed E-state index contributed by atoms with van der Waals surface area (Å²) < 4.78 is 48.8. The summed E-state index contributed by atoms with van der Waals surface area (Å²) in [5, 5.41) is 3.27. The molecule has 0 unspecified atom stereocenters. The molecule has 5 rings (SSSR count). The van der Waals surface area contributed by atoms with E-state index in [9.17, 15) is 8.42 Å². The molecule has 0 saturated carbocycles. The summed E-state index contributed by atoms with van der Waals surface area (Å²) >= 11 is -2.92. The smallest absolute Gasteiger partial charge is 0.336 e. The van der Waals surface area contributed by atoms with E-state index >= 15 is 0 Å². The maximum atomic E-state index is 14.2. The van der Waals surface area contributed by atoms with Gasteiger partial charge in [0, 0.05) is 21.5 Å². The van der Waals surface area contributed by atoms with Gasteiger partial charge in [-0.2, -0.15) is 8.42 Å². The van der Waals surface area contributed by atoms with Crippen molar-refractivity contribution in [1.82, 2.24) is 0 Å². The number of hydrogen-bond donors (Lipinski definition) is 0. The van der Waals surface area contributed by atoms with Gasteiger partial charge in [0.15, 0.2) is 7.14 Å². The second-order valence-corrected chi connectivity index (χ2v) is 19.6. The highest BCUT2D eigenvalue weighted by Gasteiger charge is 2.38. The molecule has 5 nitrogen and oxygen atoms in total. The highest BCUT2D eigenvalue weighted by Crippen LogP contribution is 2.43. The summed E-state index contributed by atoms with van der Waals surface area (Å²) in [7, 11) is -4.16. The van der Waals surface area contributed by atoms with Crippen molar-refractivity contribution in [3.8, 4) is 11.5 Å². The summed E-state index contributed by atoms with van der Waals surface area (Å²) in [5.41, 5.74) is 2.33. The van der Waals surface area contributed by atoms with E-state index in [4.69, 9.17) is 12.0 Å². The van der Waals surface area contributed by atoms with Crippen molar-refractivity contribution in [3.63, 3.8) is 0 Å². The van der Waals surface area contributed by atoms with Gasteiger partial charge in [-0.05, 0) is 80.8 Å². The van der Waals surface area contributed by atoms with Gasteiger partial charge in [0.2, 0.25) is 0 Å². The van der Waals surface area contributed by atoms with Gasteiger partial charge in [0.05, 0.1) is 18.1 Å². The highest BCUT2D eigenvalue weighted by molar-refractivity contribution is 7.86. The standard InChI is InChI=1S/C38H43IO5S/c1-9-42-35-31-13-11-12-14-32(31)36(43-10-2)34-25-30(23-24-33(34)35)45(40,41)44-39(28-19-15-26(16-20-28)37(3,4)5)29-21-17-27(18-22-29)38(6,7)8/h11-25H,9-10H2,1-8H3/q+1. The number of hydrogen-bond acceptors (Lipinski definition) is 5. The predicted octanol–water partition coefficient (Wildman–Crippen LogP) is 6.37. The second-order valence-electron chi connectivity index (χ2n) is 13.1. The molecule has 0 N–H and O–H groups in total. The normalized spacial score (nSPS) is 12.6. The Kier molecular flexibility index (Phi) is 9.55. The van der Waals surface area contributed by atoms with Crippen molar-refractivity contribution in [1.29, 1.82) is 0 Å². The molecule has 0 aromatic heterocycles. The summed E-state index contributed by atoms with van der Waals surface area (Å²) in [5.74, 6) is 1.34. The van der Waals surface area contributed by atoms with Gasteiger partial charge in [-0.3, -0.25) is 0 Å². The summed E-state index contributed by atoms with van der Waals surface area (Å²) in [6.45, 7) is 17.8. The van der Waals surface area contributed by atoms with Gasteiger partial charge in [0.25, 0.3) is 0 Å². The Hall–Kier alpha value is -3.14. The third kappa shape index (κ3) is 7.00. The van der Waals surface area contributed by atoms with Crippen LogP contribution in [-0.4, -0.2) is 21.6 Å². The Bertz CT molecular complexity index is 1860. The first-order valence-electron chi connectivity index (χ1n) is 15.3. The molecule has 5 aromatic carbocycles. The van der Waals surface area contributed by atoms with Gasteiger partial charge >= 0.3 is 30.4 Å². The van der Waals surface area contributed by atoms with Crippen LogP contribution in [0, 0.1) is 7.14 Å². The van der Waals surface area contributed by atoms with E-state index < -0.39 is 30.4 Å². The summed E-state index contributed by atoms with van der Waals surface area (Å²) in [6, 6.07) is 29.5. The highest BCUT2D eigenvalue weighted by atomic mass is 127. The molecule has 0 aliphatic rings. The molecular weight excluding hydrogens is 695 g/mol. The molecule has 5 aromatic rings. The molecule has 1 radical (unpaired) electrons. The Morgan fingerprint density at radius 1 is 0.578 bits per heavy atom. The maximum absolute atomic E-state index is 14.2. The fraction of sp³-hybridized carbons (Fsp3) is 0.316. The van der Waals surface area contributed by atoms with Crippen molar-refractivity contribution in [2.24, 2.45) is 0 Å². The largest absolute Gasteiger partial charge is 0.493 e. The van der Waals surface area contributed by atoms with Crippen molar-refractivity contribution in [2.75, 3.05) is 13.2 Å².